The Kier molecular flexibility index (Phi) is 3.53. The van der Waals surface area contributed by atoms with Crippen LogP contribution in [0.15, 0.2) is 18.2 Å². The van der Waals surface area contributed by atoms with Crippen LogP contribution in [0.2, 0.25) is 0 Å². The van der Waals surface area contributed by atoms with Gasteiger partial charge in [-0.25, -0.2) is 9.18 Å². The summed E-state index contributed by atoms with van der Waals surface area (Å²) < 4.78 is 13.0. The fraction of sp³-hybridized carbons (Fsp3) is 0.385. The van der Waals surface area contributed by atoms with Gasteiger partial charge in [0.25, 0.3) is 0 Å². The first-order chi connectivity index (χ1) is 8.90. The maximum atomic E-state index is 13.0. The highest BCUT2D eigenvalue weighted by Gasteiger charge is 2.35. The summed E-state index contributed by atoms with van der Waals surface area (Å²) in [5.41, 5.74) is 1.09. The van der Waals surface area contributed by atoms with Gasteiger partial charge in [0, 0.05) is 7.05 Å². The minimum absolute atomic E-state index is 0.0218. The molecule has 1 aliphatic heterocycles. The minimum atomic E-state index is -1.01. The molecule has 0 saturated carbocycles. The van der Waals surface area contributed by atoms with E-state index in [1.807, 2.05) is 0 Å². The fourth-order valence-corrected chi connectivity index (χ4v) is 2.13. The zero-order valence-electron chi connectivity index (χ0n) is 10.8. The van der Waals surface area contributed by atoms with Gasteiger partial charge in [0.2, 0.25) is 5.91 Å². The van der Waals surface area contributed by atoms with Crippen molar-refractivity contribution in [1.82, 2.24) is 9.80 Å². The predicted molar refractivity (Wildman–Crippen MR) is 65.8 cm³/mol. The maximum Gasteiger partial charge on any atom is 0.327 e. The molecule has 102 valence electrons. The zero-order valence-corrected chi connectivity index (χ0v) is 10.8. The van der Waals surface area contributed by atoms with Crippen LogP contribution in [0.3, 0.4) is 0 Å². The Morgan fingerprint density at radius 3 is 2.63 bits per heavy atom. The highest BCUT2D eigenvalue weighted by atomic mass is 19.1. The number of likely N-dealkylation sites (N-methyl/N-ethyl adjacent to an activating group) is 1. The summed E-state index contributed by atoms with van der Waals surface area (Å²) in [5, 5.41) is 10.1. The van der Waals surface area contributed by atoms with Crippen molar-refractivity contribution in [3.8, 4) is 0 Å². The zero-order chi connectivity index (χ0) is 14.2. The van der Waals surface area contributed by atoms with Crippen molar-refractivity contribution in [3.05, 3.63) is 35.1 Å². The summed E-state index contributed by atoms with van der Waals surface area (Å²) in [6.07, 6.45) is -1.01. The molecule has 5 nitrogen and oxygen atoms in total. The number of hydrogen-bond donors (Lipinski definition) is 1. The summed E-state index contributed by atoms with van der Waals surface area (Å²) in [4.78, 5) is 25.6. The van der Waals surface area contributed by atoms with Gasteiger partial charge in [-0.1, -0.05) is 6.07 Å². The number of benzene rings is 1. The molecule has 3 amide bonds. The van der Waals surface area contributed by atoms with E-state index in [0.717, 1.165) is 4.90 Å². The number of nitrogens with zero attached hydrogens (tertiary/aromatic N) is 2. The van der Waals surface area contributed by atoms with E-state index in [1.54, 1.807) is 6.92 Å². The van der Waals surface area contributed by atoms with Crippen LogP contribution in [0, 0.1) is 12.7 Å². The van der Waals surface area contributed by atoms with E-state index in [9.17, 15) is 19.1 Å². The van der Waals surface area contributed by atoms with Crippen LogP contribution >= 0.6 is 0 Å². The van der Waals surface area contributed by atoms with Crippen molar-refractivity contribution >= 4 is 11.9 Å². The lowest BCUT2D eigenvalue weighted by molar-refractivity contribution is -0.126. The lowest BCUT2D eigenvalue weighted by Crippen LogP contribution is -2.35. The lowest BCUT2D eigenvalue weighted by atomic mass is 10.0. The third kappa shape index (κ3) is 2.58. The first-order valence-electron chi connectivity index (χ1n) is 5.89. The average Bonchev–Trinajstić information content (AvgIpc) is 2.56. The van der Waals surface area contributed by atoms with Crippen LogP contribution < -0.4 is 0 Å². The number of carbonyl (C=O) groups excluding carboxylic acids is 2. The second-order valence-electron chi connectivity index (χ2n) is 4.66. The Hall–Kier alpha value is -1.95. The summed E-state index contributed by atoms with van der Waals surface area (Å²) in [7, 11) is 1.52. The van der Waals surface area contributed by atoms with Gasteiger partial charge in [0.1, 0.15) is 12.4 Å². The molecule has 0 aliphatic carbocycles. The van der Waals surface area contributed by atoms with Gasteiger partial charge in [-0.2, -0.15) is 0 Å². The SMILES string of the molecule is Cc1cc(F)ccc1C(O)CN1C(=O)CN(C)C1=O. The van der Waals surface area contributed by atoms with Crippen LogP contribution in [0.25, 0.3) is 0 Å². The molecule has 0 bridgehead atoms. The van der Waals surface area contributed by atoms with Crippen molar-refractivity contribution < 1.29 is 19.1 Å². The van der Waals surface area contributed by atoms with Crippen LogP contribution in [-0.4, -0.2) is 47.0 Å². The number of β-amino-alcohol motifs (C(OH)–C–C–N with tert-alkyl or cyclic N) is 1. The van der Waals surface area contributed by atoms with Crippen LogP contribution in [0.4, 0.5) is 9.18 Å². The van der Waals surface area contributed by atoms with E-state index in [-0.39, 0.29) is 24.8 Å². The molecule has 1 saturated heterocycles. The molecule has 2 rings (SSSR count). The molecule has 0 spiro atoms. The number of aliphatic hydroxyl groups excluding tert-OH is 1. The standard InChI is InChI=1S/C13H15FN2O3/c1-8-5-9(14)3-4-10(8)11(17)6-16-12(18)7-15(2)13(16)19/h3-5,11,17H,6-7H2,1-2H3. The van der Waals surface area contributed by atoms with E-state index >= 15 is 0 Å². The van der Waals surface area contributed by atoms with E-state index < -0.39 is 12.1 Å². The highest BCUT2D eigenvalue weighted by molar-refractivity contribution is 6.01. The largest absolute Gasteiger partial charge is 0.387 e. The molecule has 1 fully saturated rings. The average molecular weight is 266 g/mol. The Bertz CT molecular complexity index is 533. The van der Waals surface area contributed by atoms with E-state index in [4.69, 9.17) is 0 Å². The van der Waals surface area contributed by atoms with Gasteiger partial charge >= 0.3 is 6.03 Å². The molecular formula is C13H15FN2O3. The molecule has 1 aromatic rings. The molecule has 1 atom stereocenters. The molecule has 1 aliphatic rings. The first-order valence-corrected chi connectivity index (χ1v) is 5.89. The van der Waals surface area contributed by atoms with Crippen LogP contribution in [0.1, 0.15) is 17.2 Å². The van der Waals surface area contributed by atoms with Crippen LogP contribution in [0.5, 0.6) is 0 Å². The second-order valence-corrected chi connectivity index (χ2v) is 4.66. The number of imide groups is 1. The highest BCUT2D eigenvalue weighted by Crippen LogP contribution is 2.21. The molecule has 6 heteroatoms. The van der Waals surface area contributed by atoms with E-state index in [2.05, 4.69) is 0 Å². The van der Waals surface area contributed by atoms with Gasteiger partial charge in [0.15, 0.2) is 0 Å². The maximum absolute atomic E-state index is 13.0. The third-order valence-corrected chi connectivity index (χ3v) is 3.18. The van der Waals surface area contributed by atoms with Gasteiger partial charge in [-0.15, -0.1) is 0 Å². The lowest BCUT2D eigenvalue weighted by Gasteiger charge is -2.20. The van der Waals surface area contributed by atoms with E-state index in [0.29, 0.717) is 11.1 Å². The van der Waals surface area contributed by atoms with Crippen molar-refractivity contribution in [2.24, 2.45) is 0 Å². The van der Waals surface area contributed by atoms with Crippen molar-refractivity contribution in [1.29, 1.82) is 0 Å². The van der Waals surface area contributed by atoms with Gasteiger partial charge in [-0.3, -0.25) is 9.69 Å². The number of aliphatic hydroxyl groups is 1. The number of rotatable bonds is 3. The third-order valence-electron chi connectivity index (χ3n) is 3.18. The molecular weight excluding hydrogens is 251 g/mol. The molecule has 1 aromatic carbocycles. The van der Waals surface area contributed by atoms with Crippen molar-refractivity contribution in [2.75, 3.05) is 20.1 Å². The summed E-state index contributed by atoms with van der Waals surface area (Å²) >= 11 is 0. The molecule has 19 heavy (non-hydrogen) atoms. The quantitative estimate of drug-likeness (QED) is 0.832. The van der Waals surface area contributed by atoms with Gasteiger partial charge in [-0.05, 0) is 30.2 Å². The Morgan fingerprint density at radius 1 is 1.42 bits per heavy atom. The number of hydrogen-bond acceptors (Lipinski definition) is 3. The monoisotopic (exact) mass is 266 g/mol. The summed E-state index contributed by atoms with van der Waals surface area (Å²) in [6, 6.07) is 3.58. The smallest absolute Gasteiger partial charge is 0.327 e. The van der Waals surface area contributed by atoms with Gasteiger partial charge < -0.3 is 10.0 Å². The minimum Gasteiger partial charge on any atom is -0.387 e. The molecule has 0 aromatic heterocycles. The van der Waals surface area contributed by atoms with Crippen molar-refractivity contribution in [2.45, 2.75) is 13.0 Å². The normalized spacial score (nSPS) is 17.3. The summed E-state index contributed by atoms with van der Waals surface area (Å²) in [5.74, 6) is -0.729. The van der Waals surface area contributed by atoms with Gasteiger partial charge in [0.05, 0.1) is 12.6 Å². The second kappa shape index (κ2) is 4.97. The number of urea groups is 1. The molecule has 0 radical (unpaired) electrons. The molecule has 1 heterocycles. The number of carbonyl (C=O) groups is 2. The molecule has 1 N–H and O–H groups in total. The fourth-order valence-electron chi connectivity index (χ4n) is 2.13. The number of amides is 3. The predicted octanol–water partition coefficient (Wildman–Crippen LogP) is 1.06. The van der Waals surface area contributed by atoms with Crippen LogP contribution in [-0.2, 0) is 4.79 Å². The topological polar surface area (TPSA) is 60.9 Å². The molecule has 1 unspecified atom stereocenters. The van der Waals surface area contributed by atoms with Crippen molar-refractivity contribution in [3.63, 3.8) is 0 Å². The number of aryl methyl sites for hydroxylation is 1. The summed E-state index contributed by atoms with van der Waals surface area (Å²) in [6.45, 7) is 1.57. The number of halogens is 1. The Labute approximate surface area is 110 Å². The Morgan fingerprint density at radius 2 is 2.11 bits per heavy atom. The Balaban J connectivity index is 2.15. The first kappa shape index (κ1) is 13.5. The van der Waals surface area contributed by atoms with E-state index in [1.165, 1.54) is 30.1 Å².